The second-order valence-corrected chi connectivity index (χ2v) is 5.90. The Morgan fingerprint density at radius 1 is 0.957 bits per heavy atom. The molecule has 0 aliphatic heterocycles. The largest absolute Gasteiger partial charge is 0.381 e. The zero-order chi connectivity index (χ0) is 16.1. The topological polar surface area (TPSA) is 41.1 Å². The molecule has 0 bridgehead atoms. The molecular formula is C18H15FN2OS. The quantitative estimate of drug-likeness (QED) is 0.710. The molecule has 0 unspecified atom stereocenters. The number of amides is 1. The molecule has 0 radical (unpaired) electrons. The van der Waals surface area contributed by atoms with Gasteiger partial charge in [-0.25, -0.2) is 4.39 Å². The second kappa shape index (κ2) is 7.07. The summed E-state index contributed by atoms with van der Waals surface area (Å²) in [7, 11) is 0. The van der Waals surface area contributed by atoms with Gasteiger partial charge in [-0.1, -0.05) is 24.3 Å². The maximum absolute atomic E-state index is 13.5. The van der Waals surface area contributed by atoms with Gasteiger partial charge in [-0.15, -0.1) is 11.3 Å². The van der Waals surface area contributed by atoms with Crippen molar-refractivity contribution in [1.82, 2.24) is 0 Å². The SMILES string of the molecule is O=C(Nc1ccc(NCc2ccccc2F)cc1)c1cccs1. The first-order valence-electron chi connectivity index (χ1n) is 7.14. The van der Waals surface area contributed by atoms with Gasteiger partial charge in [0, 0.05) is 23.5 Å². The fraction of sp³-hybridized carbons (Fsp3) is 0.0556. The van der Waals surface area contributed by atoms with Crippen LogP contribution in [0.4, 0.5) is 15.8 Å². The molecule has 0 saturated carbocycles. The second-order valence-electron chi connectivity index (χ2n) is 4.95. The molecule has 0 aliphatic carbocycles. The summed E-state index contributed by atoms with van der Waals surface area (Å²) in [5, 5.41) is 7.86. The number of halogens is 1. The summed E-state index contributed by atoms with van der Waals surface area (Å²) in [6.45, 7) is 0.410. The van der Waals surface area contributed by atoms with Gasteiger partial charge in [0.05, 0.1) is 4.88 Å². The van der Waals surface area contributed by atoms with E-state index in [0.29, 0.717) is 17.0 Å². The highest BCUT2D eigenvalue weighted by Crippen LogP contribution is 2.17. The van der Waals surface area contributed by atoms with Crippen LogP contribution in [-0.2, 0) is 6.54 Å². The van der Waals surface area contributed by atoms with E-state index in [-0.39, 0.29) is 11.7 Å². The third-order valence-electron chi connectivity index (χ3n) is 3.33. The number of benzene rings is 2. The Bertz CT molecular complexity index is 785. The standard InChI is InChI=1S/C18H15FN2OS/c19-16-5-2-1-4-13(16)12-20-14-7-9-15(10-8-14)21-18(22)17-6-3-11-23-17/h1-11,20H,12H2,(H,21,22). The summed E-state index contributed by atoms with van der Waals surface area (Å²) in [4.78, 5) is 12.6. The molecular weight excluding hydrogens is 311 g/mol. The van der Waals surface area contributed by atoms with Gasteiger partial charge in [-0.3, -0.25) is 4.79 Å². The highest BCUT2D eigenvalue weighted by atomic mass is 32.1. The molecule has 23 heavy (non-hydrogen) atoms. The Kier molecular flexibility index (Phi) is 4.68. The first-order chi connectivity index (χ1) is 11.2. The maximum atomic E-state index is 13.5. The molecule has 3 aromatic rings. The lowest BCUT2D eigenvalue weighted by Gasteiger charge is -2.09. The van der Waals surface area contributed by atoms with E-state index in [2.05, 4.69) is 10.6 Å². The van der Waals surface area contributed by atoms with Crippen molar-refractivity contribution in [3.63, 3.8) is 0 Å². The lowest BCUT2D eigenvalue weighted by atomic mass is 10.2. The molecule has 3 nitrogen and oxygen atoms in total. The Balaban J connectivity index is 1.59. The molecule has 2 N–H and O–H groups in total. The third-order valence-corrected chi connectivity index (χ3v) is 4.20. The molecule has 0 atom stereocenters. The molecule has 1 aromatic heterocycles. The van der Waals surface area contributed by atoms with Crippen molar-refractivity contribution in [1.29, 1.82) is 0 Å². The van der Waals surface area contributed by atoms with Crippen molar-refractivity contribution in [2.75, 3.05) is 10.6 Å². The monoisotopic (exact) mass is 326 g/mol. The van der Waals surface area contributed by atoms with Crippen molar-refractivity contribution < 1.29 is 9.18 Å². The average Bonchev–Trinajstić information content (AvgIpc) is 3.10. The van der Waals surface area contributed by atoms with Gasteiger partial charge in [-0.2, -0.15) is 0 Å². The van der Waals surface area contributed by atoms with E-state index in [9.17, 15) is 9.18 Å². The highest BCUT2D eigenvalue weighted by molar-refractivity contribution is 7.12. The van der Waals surface area contributed by atoms with Gasteiger partial charge >= 0.3 is 0 Å². The summed E-state index contributed by atoms with van der Waals surface area (Å²) in [6, 6.07) is 17.6. The van der Waals surface area contributed by atoms with Gasteiger partial charge in [-0.05, 0) is 41.8 Å². The van der Waals surface area contributed by atoms with Crippen LogP contribution in [0.3, 0.4) is 0 Å². The minimum absolute atomic E-state index is 0.118. The van der Waals surface area contributed by atoms with Gasteiger partial charge in [0.15, 0.2) is 0 Å². The number of rotatable bonds is 5. The maximum Gasteiger partial charge on any atom is 0.265 e. The van der Waals surface area contributed by atoms with Gasteiger partial charge < -0.3 is 10.6 Å². The predicted octanol–water partition coefficient (Wildman–Crippen LogP) is 4.75. The van der Waals surface area contributed by atoms with Crippen LogP contribution in [0.5, 0.6) is 0 Å². The van der Waals surface area contributed by atoms with E-state index in [1.165, 1.54) is 17.4 Å². The van der Waals surface area contributed by atoms with E-state index in [0.717, 1.165) is 11.4 Å². The number of hydrogen-bond donors (Lipinski definition) is 2. The number of thiophene rings is 1. The van der Waals surface area contributed by atoms with Crippen LogP contribution >= 0.6 is 11.3 Å². The molecule has 5 heteroatoms. The molecule has 0 fully saturated rings. The number of nitrogens with one attached hydrogen (secondary N) is 2. The molecule has 0 aliphatic rings. The number of carbonyl (C=O) groups excluding carboxylic acids is 1. The van der Waals surface area contributed by atoms with Gasteiger partial charge in [0.2, 0.25) is 0 Å². The zero-order valence-electron chi connectivity index (χ0n) is 12.3. The number of hydrogen-bond acceptors (Lipinski definition) is 3. The number of anilines is 2. The van der Waals surface area contributed by atoms with Crippen molar-refractivity contribution in [2.45, 2.75) is 6.54 Å². The van der Waals surface area contributed by atoms with E-state index in [1.54, 1.807) is 18.2 Å². The lowest BCUT2D eigenvalue weighted by Crippen LogP contribution is -2.10. The van der Waals surface area contributed by atoms with Crippen molar-refractivity contribution in [3.8, 4) is 0 Å². The predicted molar refractivity (Wildman–Crippen MR) is 92.4 cm³/mol. The third kappa shape index (κ3) is 3.96. The smallest absolute Gasteiger partial charge is 0.265 e. The van der Waals surface area contributed by atoms with Crippen LogP contribution in [0.1, 0.15) is 15.2 Å². The van der Waals surface area contributed by atoms with E-state index in [4.69, 9.17) is 0 Å². The lowest BCUT2D eigenvalue weighted by molar-refractivity contribution is 0.103. The fourth-order valence-electron chi connectivity index (χ4n) is 2.11. The van der Waals surface area contributed by atoms with Crippen molar-refractivity contribution >= 4 is 28.6 Å². The summed E-state index contributed by atoms with van der Waals surface area (Å²) in [5.74, 6) is -0.341. The molecule has 2 aromatic carbocycles. The Labute approximate surface area is 137 Å². The van der Waals surface area contributed by atoms with Crippen molar-refractivity contribution in [3.05, 3.63) is 82.3 Å². The van der Waals surface area contributed by atoms with Crippen LogP contribution < -0.4 is 10.6 Å². The minimum Gasteiger partial charge on any atom is -0.381 e. The zero-order valence-corrected chi connectivity index (χ0v) is 13.1. The molecule has 0 spiro atoms. The van der Waals surface area contributed by atoms with Crippen LogP contribution in [0, 0.1) is 5.82 Å². The normalized spacial score (nSPS) is 10.3. The van der Waals surface area contributed by atoms with E-state index < -0.39 is 0 Å². The molecule has 1 heterocycles. The van der Waals surface area contributed by atoms with Crippen molar-refractivity contribution in [2.24, 2.45) is 0 Å². The van der Waals surface area contributed by atoms with E-state index >= 15 is 0 Å². The Morgan fingerprint density at radius 3 is 2.39 bits per heavy atom. The fourth-order valence-corrected chi connectivity index (χ4v) is 2.73. The highest BCUT2D eigenvalue weighted by Gasteiger charge is 2.06. The molecule has 3 rings (SSSR count). The van der Waals surface area contributed by atoms with Crippen LogP contribution in [-0.4, -0.2) is 5.91 Å². The summed E-state index contributed by atoms with van der Waals surface area (Å²) in [6.07, 6.45) is 0. The molecule has 0 saturated heterocycles. The Hall–Kier alpha value is -2.66. The van der Waals surface area contributed by atoms with Crippen LogP contribution in [0.25, 0.3) is 0 Å². The molecule has 1 amide bonds. The van der Waals surface area contributed by atoms with Crippen LogP contribution in [0.2, 0.25) is 0 Å². The minimum atomic E-state index is -0.222. The van der Waals surface area contributed by atoms with Crippen LogP contribution in [0.15, 0.2) is 66.0 Å². The summed E-state index contributed by atoms with van der Waals surface area (Å²) >= 11 is 1.40. The summed E-state index contributed by atoms with van der Waals surface area (Å²) in [5.41, 5.74) is 2.20. The molecule has 116 valence electrons. The summed E-state index contributed by atoms with van der Waals surface area (Å²) < 4.78 is 13.5. The average molecular weight is 326 g/mol. The van der Waals surface area contributed by atoms with Gasteiger partial charge in [0.1, 0.15) is 5.82 Å². The van der Waals surface area contributed by atoms with E-state index in [1.807, 2.05) is 41.8 Å². The Morgan fingerprint density at radius 2 is 1.70 bits per heavy atom. The first kappa shape index (κ1) is 15.2. The first-order valence-corrected chi connectivity index (χ1v) is 8.02. The number of carbonyl (C=O) groups is 1. The van der Waals surface area contributed by atoms with Gasteiger partial charge in [0.25, 0.3) is 5.91 Å².